The number of ether oxygens (including phenoxy) is 2. The van der Waals surface area contributed by atoms with Crippen molar-refractivity contribution in [2.75, 3.05) is 13.2 Å². The largest absolute Gasteiger partial charge is 0.491 e. The highest BCUT2D eigenvalue weighted by Crippen LogP contribution is 2.23. The second-order valence-corrected chi connectivity index (χ2v) is 5.18. The minimum Gasteiger partial charge on any atom is -0.491 e. The van der Waals surface area contributed by atoms with E-state index in [1.54, 1.807) is 19.2 Å². The van der Waals surface area contributed by atoms with E-state index >= 15 is 0 Å². The normalized spacial score (nSPS) is 10.7. The Balaban J connectivity index is 1.53. The van der Waals surface area contributed by atoms with Crippen LogP contribution < -0.4 is 4.74 Å². The van der Waals surface area contributed by atoms with Gasteiger partial charge in [-0.25, -0.2) is 4.79 Å². The van der Waals surface area contributed by atoms with Crippen LogP contribution in [0.25, 0.3) is 10.9 Å². The van der Waals surface area contributed by atoms with Gasteiger partial charge < -0.3 is 14.0 Å². The summed E-state index contributed by atoms with van der Waals surface area (Å²) in [5.41, 5.74) is 1.05. The molecule has 0 radical (unpaired) electrons. The summed E-state index contributed by atoms with van der Waals surface area (Å²) >= 11 is 0. The third-order valence-electron chi connectivity index (χ3n) is 3.46. The maximum Gasteiger partial charge on any atom is 0.360 e. The summed E-state index contributed by atoms with van der Waals surface area (Å²) in [5, 5.41) is 4.76. The molecule has 1 aromatic carbocycles. The number of hydrogen-bond donors (Lipinski definition) is 0. The molecule has 0 atom stereocenters. The number of aryl methyl sites for hydroxylation is 1. The summed E-state index contributed by atoms with van der Waals surface area (Å²) < 4.78 is 15.8. The molecule has 2 heterocycles. The Morgan fingerprint density at radius 3 is 3.00 bits per heavy atom. The molecule has 0 amide bonds. The number of aromatic nitrogens is 2. The van der Waals surface area contributed by atoms with Crippen molar-refractivity contribution < 1.29 is 18.8 Å². The molecule has 0 saturated carbocycles. The van der Waals surface area contributed by atoms with Gasteiger partial charge in [-0.3, -0.25) is 4.98 Å². The van der Waals surface area contributed by atoms with Crippen LogP contribution in [0.2, 0.25) is 0 Å². The number of carbonyl (C=O) groups is 1. The molecule has 0 spiro atoms. The third kappa shape index (κ3) is 3.71. The van der Waals surface area contributed by atoms with Crippen LogP contribution in [0.5, 0.6) is 5.75 Å². The molecule has 124 valence electrons. The lowest BCUT2D eigenvalue weighted by atomic mass is 10.2. The first-order valence-electron chi connectivity index (χ1n) is 7.87. The number of para-hydroxylation sites is 1. The van der Waals surface area contributed by atoms with Crippen LogP contribution in [0.4, 0.5) is 0 Å². The van der Waals surface area contributed by atoms with Gasteiger partial charge in [-0.15, -0.1) is 0 Å². The van der Waals surface area contributed by atoms with Crippen molar-refractivity contribution in [1.82, 2.24) is 10.1 Å². The van der Waals surface area contributed by atoms with Gasteiger partial charge in [-0.05, 0) is 25.5 Å². The van der Waals surface area contributed by atoms with Gasteiger partial charge in [0.05, 0.1) is 13.2 Å². The number of benzene rings is 1. The Morgan fingerprint density at radius 1 is 1.25 bits per heavy atom. The molecule has 3 rings (SSSR count). The molecule has 2 aromatic heterocycles. The number of carbonyl (C=O) groups excluding carboxylic acids is 1. The van der Waals surface area contributed by atoms with Gasteiger partial charge in [0.15, 0.2) is 5.69 Å². The number of pyridine rings is 1. The van der Waals surface area contributed by atoms with Crippen LogP contribution in [-0.2, 0) is 11.2 Å². The van der Waals surface area contributed by atoms with E-state index in [9.17, 15) is 4.79 Å². The fourth-order valence-corrected chi connectivity index (χ4v) is 2.35. The highest BCUT2D eigenvalue weighted by Gasteiger charge is 2.13. The van der Waals surface area contributed by atoms with Crippen LogP contribution in [0.1, 0.15) is 29.6 Å². The number of fused-ring (bicyclic) bond motifs is 1. The summed E-state index contributed by atoms with van der Waals surface area (Å²) in [7, 11) is 0. The van der Waals surface area contributed by atoms with E-state index in [1.165, 1.54) is 0 Å². The summed E-state index contributed by atoms with van der Waals surface area (Å²) in [4.78, 5) is 15.9. The molecular weight excluding hydrogens is 308 g/mol. The minimum atomic E-state index is -0.467. The molecule has 3 aromatic rings. The van der Waals surface area contributed by atoms with E-state index in [4.69, 9.17) is 14.0 Å². The zero-order valence-corrected chi connectivity index (χ0v) is 13.4. The molecular formula is C18H18N2O4. The molecule has 24 heavy (non-hydrogen) atoms. The van der Waals surface area contributed by atoms with Crippen molar-refractivity contribution in [3.8, 4) is 5.75 Å². The number of nitrogens with zero attached hydrogens (tertiary/aromatic N) is 2. The first-order chi connectivity index (χ1) is 11.8. The van der Waals surface area contributed by atoms with Crippen LogP contribution in [0.3, 0.4) is 0 Å². The fourth-order valence-electron chi connectivity index (χ4n) is 2.35. The Kier molecular flexibility index (Phi) is 5.05. The van der Waals surface area contributed by atoms with Gasteiger partial charge in [0, 0.05) is 24.1 Å². The highest BCUT2D eigenvalue weighted by molar-refractivity contribution is 5.87. The lowest BCUT2D eigenvalue weighted by Gasteiger charge is -2.07. The van der Waals surface area contributed by atoms with Gasteiger partial charge in [0.25, 0.3) is 0 Å². The average molecular weight is 326 g/mol. The fraction of sp³-hybridized carbons (Fsp3) is 0.278. The van der Waals surface area contributed by atoms with Gasteiger partial charge in [0.2, 0.25) is 0 Å². The third-order valence-corrected chi connectivity index (χ3v) is 3.46. The Labute approximate surface area is 139 Å². The van der Waals surface area contributed by atoms with E-state index in [0.29, 0.717) is 25.4 Å². The van der Waals surface area contributed by atoms with Crippen LogP contribution in [-0.4, -0.2) is 29.3 Å². The number of hydrogen-bond acceptors (Lipinski definition) is 6. The quantitative estimate of drug-likeness (QED) is 0.489. The average Bonchev–Trinajstić information content (AvgIpc) is 3.08. The van der Waals surface area contributed by atoms with Crippen molar-refractivity contribution in [2.24, 2.45) is 0 Å². The topological polar surface area (TPSA) is 74.5 Å². The van der Waals surface area contributed by atoms with E-state index < -0.39 is 5.97 Å². The van der Waals surface area contributed by atoms with Gasteiger partial charge in [0.1, 0.15) is 17.0 Å². The highest BCUT2D eigenvalue weighted by atomic mass is 16.5. The number of rotatable bonds is 7. The molecule has 0 saturated heterocycles. The molecule has 0 unspecified atom stereocenters. The van der Waals surface area contributed by atoms with Crippen molar-refractivity contribution >= 4 is 16.9 Å². The monoisotopic (exact) mass is 326 g/mol. The predicted molar refractivity (Wildman–Crippen MR) is 88.0 cm³/mol. The van der Waals surface area contributed by atoms with Crippen molar-refractivity contribution in [2.45, 2.75) is 19.8 Å². The Morgan fingerprint density at radius 2 is 2.12 bits per heavy atom. The first-order valence-corrected chi connectivity index (χ1v) is 7.87. The molecule has 0 N–H and O–H groups in total. The molecule has 0 bridgehead atoms. The predicted octanol–water partition coefficient (Wildman–Crippen LogP) is 3.41. The number of esters is 1. The second kappa shape index (κ2) is 7.59. The van der Waals surface area contributed by atoms with Crippen LogP contribution in [0, 0.1) is 0 Å². The van der Waals surface area contributed by atoms with Crippen LogP contribution in [0.15, 0.2) is 47.1 Å². The van der Waals surface area contributed by atoms with E-state index in [0.717, 1.165) is 23.1 Å². The Bertz CT molecular complexity index is 823. The van der Waals surface area contributed by atoms with E-state index in [-0.39, 0.29) is 5.69 Å². The zero-order chi connectivity index (χ0) is 16.8. The molecule has 0 aliphatic heterocycles. The van der Waals surface area contributed by atoms with Crippen molar-refractivity contribution in [1.29, 1.82) is 0 Å². The lowest BCUT2D eigenvalue weighted by Crippen LogP contribution is -2.04. The standard InChI is InChI=1S/C18H18N2O4/c1-2-22-18(21)15-12-14(24-20-15)8-5-11-23-16-9-3-6-13-7-4-10-19-17(13)16/h3-4,6-7,9-10,12H,2,5,8,11H2,1H3. The van der Waals surface area contributed by atoms with Gasteiger partial charge >= 0.3 is 5.97 Å². The maximum absolute atomic E-state index is 11.5. The van der Waals surface area contributed by atoms with E-state index in [1.807, 2.05) is 30.3 Å². The smallest absolute Gasteiger partial charge is 0.360 e. The second-order valence-electron chi connectivity index (χ2n) is 5.18. The summed E-state index contributed by atoms with van der Waals surface area (Å²) in [6.07, 6.45) is 3.12. The summed E-state index contributed by atoms with van der Waals surface area (Å²) in [6.45, 7) is 2.58. The molecule has 0 aliphatic rings. The maximum atomic E-state index is 11.5. The first kappa shape index (κ1) is 16.0. The van der Waals surface area contributed by atoms with Gasteiger partial charge in [-0.1, -0.05) is 23.4 Å². The van der Waals surface area contributed by atoms with E-state index in [2.05, 4.69) is 10.1 Å². The van der Waals surface area contributed by atoms with Crippen molar-refractivity contribution in [3.05, 3.63) is 54.0 Å². The van der Waals surface area contributed by atoms with Crippen molar-refractivity contribution in [3.63, 3.8) is 0 Å². The SMILES string of the molecule is CCOC(=O)c1cc(CCCOc2cccc3cccnc23)on1. The van der Waals surface area contributed by atoms with Crippen LogP contribution >= 0.6 is 0 Å². The summed E-state index contributed by atoms with van der Waals surface area (Å²) in [6, 6.07) is 11.4. The molecule has 0 fully saturated rings. The zero-order valence-electron chi connectivity index (χ0n) is 13.4. The lowest BCUT2D eigenvalue weighted by molar-refractivity contribution is 0.0514. The molecule has 0 aliphatic carbocycles. The summed E-state index contributed by atoms with van der Waals surface area (Å²) in [5.74, 6) is 0.932. The Hall–Kier alpha value is -2.89. The van der Waals surface area contributed by atoms with Gasteiger partial charge in [-0.2, -0.15) is 0 Å². The minimum absolute atomic E-state index is 0.200. The molecule has 6 nitrogen and oxygen atoms in total. The molecule has 6 heteroatoms.